The summed E-state index contributed by atoms with van der Waals surface area (Å²) < 4.78 is 1.41. The fraction of sp³-hybridized carbons (Fsp3) is 0.417. The third kappa shape index (κ3) is 2.61. The first-order chi connectivity index (χ1) is 7.29. The van der Waals surface area contributed by atoms with Crippen LogP contribution in [-0.4, -0.2) is 19.5 Å². The molecule has 0 aliphatic heterocycles. The molecule has 1 N–H and O–H groups in total. The van der Waals surface area contributed by atoms with E-state index in [4.69, 9.17) is 0 Å². The van der Waals surface area contributed by atoms with E-state index in [1.54, 1.807) is 0 Å². The number of H-pyrrole nitrogens is 1. The number of hydrogen-bond acceptors (Lipinski definition) is 1. The molecule has 1 aromatic carbocycles. The summed E-state index contributed by atoms with van der Waals surface area (Å²) in [5.74, 6) is 0. The molecule has 2 nitrogen and oxygen atoms in total. The first kappa shape index (κ1) is 10.7. The molecule has 0 radical (unpaired) electrons. The minimum atomic E-state index is -0.00387. The van der Waals surface area contributed by atoms with Gasteiger partial charge in [0.25, 0.3) is 0 Å². The average molecular weight is 268 g/mol. The maximum atomic E-state index is 11.2. The third-order valence-corrected chi connectivity index (χ3v) is 4.33. The molecule has 0 aliphatic rings. The van der Waals surface area contributed by atoms with Crippen molar-refractivity contribution < 1.29 is 0 Å². The number of aromatic nitrogens is 1. The zero-order chi connectivity index (χ0) is 10.7. The van der Waals surface area contributed by atoms with Crippen LogP contribution in [0.2, 0.25) is 0 Å². The molecule has 2 aromatic rings. The molecule has 0 aliphatic carbocycles. The summed E-state index contributed by atoms with van der Waals surface area (Å²) in [6.07, 6.45) is 4.95. The Kier molecular flexibility index (Phi) is 3.45. The molecule has 0 unspecified atom stereocenters. The van der Waals surface area contributed by atoms with Crippen LogP contribution < -0.4 is 4.43 Å². The van der Waals surface area contributed by atoms with Gasteiger partial charge in [0.1, 0.15) is 0 Å². The molecule has 80 valence electrons. The minimum absolute atomic E-state index is 0.00387. The van der Waals surface area contributed by atoms with Crippen molar-refractivity contribution in [1.82, 2.24) is 4.98 Å². The van der Waals surface area contributed by atoms with Gasteiger partial charge in [0, 0.05) is 0 Å². The average Bonchev–Trinajstić information content (AvgIpc) is 2.57. The summed E-state index contributed by atoms with van der Waals surface area (Å²) in [4.78, 5) is 14.1. The van der Waals surface area contributed by atoms with E-state index in [1.165, 1.54) is 29.1 Å². The topological polar surface area (TPSA) is 32.9 Å². The van der Waals surface area contributed by atoms with Gasteiger partial charge in [-0.2, -0.15) is 0 Å². The van der Waals surface area contributed by atoms with Crippen molar-refractivity contribution in [3.8, 4) is 0 Å². The van der Waals surface area contributed by atoms with Gasteiger partial charge in [-0.1, -0.05) is 0 Å². The molecule has 0 saturated carbocycles. The van der Waals surface area contributed by atoms with Crippen molar-refractivity contribution in [2.24, 2.45) is 0 Å². The molecule has 0 saturated heterocycles. The van der Waals surface area contributed by atoms with E-state index in [9.17, 15) is 4.79 Å². The van der Waals surface area contributed by atoms with Gasteiger partial charge in [0.05, 0.1) is 0 Å². The molecular formula is C12H15NOSe. The summed E-state index contributed by atoms with van der Waals surface area (Å²) in [6, 6.07) is 6.38. The third-order valence-electron chi connectivity index (χ3n) is 2.55. The Labute approximate surface area is 95.1 Å². The molecule has 0 bridgehead atoms. The Morgan fingerprint density at radius 3 is 3.00 bits per heavy atom. The van der Waals surface area contributed by atoms with Crippen molar-refractivity contribution in [3.63, 3.8) is 0 Å². The number of rotatable bonds is 4. The second kappa shape index (κ2) is 4.82. The van der Waals surface area contributed by atoms with E-state index in [0.717, 1.165) is 11.9 Å². The summed E-state index contributed by atoms with van der Waals surface area (Å²) in [6.45, 7) is 2.22. The van der Waals surface area contributed by atoms with Crippen molar-refractivity contribution in [1.29, 1.82) is 0 Å². The molecular weight excluding hydrogens is 253 g/mol. The van der Waals surface area contributed by atoms with E-state index in [0.29, 0.717) is 0 Å². The Bertz CT molecular complexity index is 498. The fourth-order valence-corrected chi connectivity index (χ4v) is 3.40. The van der Waals surface area contributed by atoms with Gasteiger partial charge in [0.15, 0.2) is 0 Å². The Balaban J connectivity index is 2.19. The number of fused-ring (bicyclic) bond motifs is 1. The Hall–Kier alpha value is -0.791. The number of unbranched alkanes of at least 4 members (excludes halogenated alkanes) is 2. The van der Waals surface area contributed by atoms with Crippen molar-refractivity contribution in [2.75, 3.05) is 0 Å². The van der Waals surface area contributed by atoms with Crippen molar-refractivity contribution >= 4 is 24.3 Å². The van der Waals surface area contributed by atoms with Gasteiger partial charge < -0.3 is 0 Å². The second-order valence-electron chi connectivity index (χ2n) is 3.80. The van der Waals surface area contributed by atoms with E-state index in [1.807, 2.05) is 6.07 Å². The molecule has 3 heteroatoms. The maximum absolute atomic E-state index is 11.2. The van der Waals surface area contributed by atoms with Crippen LogP contribution in [0, 0.1) is 0 Å². The fourth-order valence-electron chi connectivity index (χ4n) is 1.72. The van der Waals surface area contributed by atoms with Crippen LogP contribution in [0.1, 0.15) is 31.7 Å². The molecule has 1 aromatic heterocycles. The zero-order valence-corrected chi connectivity index (χ0v) is 10.6. The van der Waals surface area contributed by atoms with E-state index in [2.05, 4.69) is 24.0 Å². The molecule has 0 amide bonds. The van der Waals surface area contributed by atoms with Crippen molar-refractivity contribution in [2.45, 2.75) is 32.6 Å². The monoisotopic (exact) mass is 269 g/mol. The van der Waals surface area contributed by atoms with Gasteiger partial charge in [-0.15, -0.1) is 0 Å². The number of aromatic amines is 1. The van der Waals surface area contributed by atoms with Gasteiger partial charge in [-0.3, -0.25) is 0 Å². The van der Waals surface area contributed by atoms with Crippen LogP contribution in [0.4, 0.5) is 0 Å². The van der Waals surface area contributed by atoms with Gasteiger partial charge in [-0.25, -0.2) is 0 Å². The van der Waals surface area contributed by atoms with Crippen LogP contribution in [0.15, 0.2) is 23.0 Å². The molecule has 2 rings (SSSR count). The molecule has 0 fully saturated rings. The summed E-state index contributed by atoms with van der Waals surface area (Å²) in [5, 5.41) is 0. The van der Waals surface area contributed by atoms with Crippen LogP contribution in [0.25, 0.3) is 9.78 Å². The number of aryl methyl sites for hydroxylation is 1. The first-order valence-corrected chi connectivity index (χ1v) is 7.12. The van der Waals surface area contributed by atoms with Gasteiger partial charge in [-0.05, 0) is 0 Å². The second-order valence-corrected chi connectivity index (χ2v) is 5.93. The Morgan fingerprint density at radius 2 is 2.20 bits per heavy atom. The molecule has 0 spiro atoms. The van der Waals surface area contributed by atoms with E-state index >= 15 is 0 Å². The predicted molar refractivity (Wildman–Crippen MR) is 64.7 cm³/mol. The molecule has 15 heavy (non-hydrogen) atoms. The molecule has 0 atom stereocenters. The van der Waals surface area contributed by atoms with Gasteiger partial charge in [0.2, 0.25) is 0 Å². The van der Waals surface area contributed by atoms with E-state index < -0.39 is 0 Å². The first-order valence-electron chi connectivity index (χ1n) is 5.41. The normalized spacial score (nSPS) is 11.0. The molecule has 1 heterocycles. The Morgan fingerprint density at radius 1 is 1.33 bits per heavy atom. The van der Waals surface area contributed by atoms with E-state index in [-0.39, 0.29) is 18.9 Å². The van der Waals surface area contributed by atoms with Crippen molar-refractivity contribution in [3.05, 3.63) is 33.0 Å². The summed E-state index contributed by atoms with van der Waals surface area (Å²) in [5.41, 5.74) is 2.40. The number of hydrogen-bond donors (Lipinski definition) is 1. The SMILES string of the molecule is CCCCCc1ccc2[nH]c(=O)[se]c2c1. The number of nitrogens with one attached hydrogen (secondary N) is 1. The predicted octanol–water partition coefficient (Wildman–Crippen LogP) is 2.32. The standard InChI is InChI=1S/C12H15NOSe/c1-2-3-4-5-9-6-7-10-11(8-9)15-12(14)13-10/h6-8H,2-5H2,1H3,(H,13,14). The van der Waals surface area contributed by atoms with Crippen LogP contribution in [0.3, 0.4) is 0 Å². The van der Waals surface area contributed by atoms with Crippen LogP contribution in [0.5, 0.6) is 0 Å². The van der Waals surface area contributed by atoms with Crippen LogP contribution >= 0.6 is 0 Å². The van der Waals surface area contributed by atoms with Crippen LogP contribution in [-0.2, 0) is 6.42 Å². The van der Waals surface area contributed by atoms with Gasteiger partial charge >= 0.3 is 94.9 Å². The summed E-state index contributed by atoms with van der Waals surface area (Å²) >= 11 is -0.00387. The quantitative estimate of drug-likeness (QED) is 0.670. The zero-order valence-electron chi connectivity index (χ0n) is 8.88. The summed E-state index contributed by atoms with van der Waals surface area (Å²) in [7, 11) is 0. The number of benzene rings is 1.